The highest BCUT2D eigenvalue weighted by atomic mass is 19.1. The highest BCUT2D eigenvalue weighted by Gasteiger charge is 2.26. The fraction of sp³-hybridized carbons (Fsp3) is 0.316. The number of hydrogen-bond acceptors (Lipinski definition) is 3. The molecule has 2 aromatic carbocycles. The molecule has 5 heteroatoms. The zero-order chi connectivity index (χ0) is 17.1. The predicted molar refractivity (Wildman–Crippen MR) is 92.6 cm³/mol. The largest absolute Gasteiger partial charge is 0.444 e. The Labute approximate surface area is 141 Å². The van der Waals surface area contributed by atoms with Crippen molar-refractivity contribution >= 4 is 11.8 Å². The first kappa shape index (κ1) is 16.5. The third-order valence-electron chi connectivity index (χ3n) is 4.32. The van der Waals surface area contributed by atoms with Crippen molar-refractivity contribution in [1.29, 1.82) is 0 Å². The van der Waals surface area contributed by atoms with Crippen LogP contribution < -0.4 is 4.90 Å². The molecule has 0 N–H and O–H groups in total. The van der Waals surface area contributed by atoms with Gasteiger partial charge in [-0.15, -0.1) is 0 Å². The maximum Gasteiger partial charge on any atom is 0.414 e. The Bertz CT molecular complexity index is 735. The van der Waals surface area contributed by atoms with Crippen LogP contribution in [0, 0.1) is 5.82 Å². The van der Waals surface area contributed by atoms with Crippen molar-refractivity contribution in [3.05, 3.63) is 54.3 Å². The molecule has 1 fully saturated rings. The summed E-state index contributed by atoms with van der Waals surface area (Å²) in [5.41, 5.74) is 1.76. The minimum atomic E-state index is -0.418. The molecule has 3 rings (SSSR count). The molecule has 1 aliphatic rings. The Morgan fingerprint density at radius 2 is 1.83 bits per heavy atom. The molecule has 0 saturated carbocycles. The lowest BCUT2D eigenvalue weighted by atomic mass is 10.0. The van der Waals surface area contributed by atoms with Crippen LogP contribution in [-0.2, 0) is 4.74 Å². The van der Waals surface area contributed by atoms with Crippen LogP contribution in [0.3, 0.4) is 0 Å². The molecule has 0 unspecified atom stereocenters. The summed E-state index contributed by atoms with van der Waals surface area (Å²) in [5.74, 6) is -0.316. The summed E-state index contributed by atoms with van der Waals surface area (Å²) in [6.07, 6.45) is 0.329. The van der Waals surface area contributed by atoms with E-state index in [-0.39, 0.29) is 11.9 Å². The minimum Gasteiger partial charge on any atom is -0.444 e. The molecule has 24 heavy (non-hydrogen) atoms. The van der Waals surface area contributed by atoms with Crippen LogP contribution in [0.5, 0.6) is 0 Å². The van der Waals surface area contributed by atoms with Gasteiger partial charge in [0.25, 0.3) is 0 Å². The number of amides is 1. The Morgan fingerprint density at radius 1 is 1.17 bits per heavy atom. The summed E-state index contributed by atoms with van der Waals surface area (Å²) in [4.78, 5) is 16.0. The van der Waals surface area contributed by atoms with Crippen LogP contribution in [-0.4, -0.2) is 44.3 Å². The van der Waals surface area contributed by atoms with Crippen molar-refractivity contribution in [1.82, 2.24) is 4.90 Å². The molecule has 0 spiro atoms. The Hall–Kier alpha value is -2.40. The van der Waals surface area contributed by atoms with Crippen LogP contribution in [0.1, 0.15) is 6.42 Å². The Morgan fingerprint density at radius 3 is 2.50 bits per heavy atom. The van der Waals surface area contributed by atoms with Gasteiger partial charge < -0.3 is 9.64 Å². The SMILES string of the molecule is CN1CC[C@@H](OC(=O)N(C)c2ccccc2-c2ccccc2F)C1. The lowest BCUT2D eigenvalue weighted by Crippen LogP contribution is -2.32. The molecular formula is C19H21FN2O2. The number of anilines is 1. The van der Waals surface area contributed by atoms with Crippen molar-refractivity contribution < 1.29 is 13.9 Å². The fourth-order valence-electron chi connectivity index (χ4n) is 2.98. The Balaban J connectivity index is 1.84. The average molecular weight is 328 g/mol. The molecule has 4 nitrogen and oxygen atoms in total. The molecule has 1 atom stereocenters. The van der Waals surface area contributed by atoms with Gasteiger partial charge in [0.15, 0.2) is 0 Å². The quantitative estimate of drug-likeness (QED) is 0.860. The van der Waals surface area contributed by atoms with Crippen LogP contribution in [0.4, 0.5) is 14.9 Å². The molecule has 126 valence electrons. The molecule has 1 amide bonds. The first-order valence-corrected chi connectivity index (χ1v) is 8.03. The topological polar surface area (TPSA) is 32.8 Å². The van der Waals surface area contributed by atoms with Crippen LogP contribution in [0.15, 0.2) is 48.5 Å². The lowest BCUT2D eigenvalue weighted by Gasteiger charge is -2.22. The second kappa shape index (κ2) is 7.01. The summed E-state index contributed by atoms with van der Waals surface area (Å²) < 4.78 is 19.7. The van der Waals surface area contributed by atoms with Crippen molar-refractivity contribution in [2.75, 3.05) is 32.1 Å². The highest BCUT2D eigenvalue weighted by Crippen LogP contribution is 2.32. The maximum absolute atomic E-state index is 14.2. The average Bonchev–Trinajstić information content (AvgIpc) is 2.99. The van der Waals surface area contributed by atoms with E-state index in [1.165, 1.54) is 11.0 Å². The van der Waals surface area contributed by atoms with Gasteiger partial charge in [0.1, 0.15) is 11.9 Å². The van der Waals surface area contributed by atoms with Crippen LogP contribution in [0.2, 0.25) is 0 Å². The fourth-order valence-corrected chi connectivity index (χ4v) is 2.98. The summed E-state index contributed by atoms with van der Waals surface area (Å²) in [6, 6.07) is 13.8. The van der Waals surface area contributed by atoms with E-state index in [1.807, 2.05) is 19.2 Å². The predicted octanol–water partition coefficient (Wildman–Crippen LogP) is 3.77. The number of likely N-dealkylation sites (tertiary alicyclic amines) is 1. The second-order valence-electron chi connectivity index (χ2n) is 6.11. The monoisotopic (exact) mass is 328 g/mol. The number of likely N-dealkylation sites (N-methyl/N-ethyl adjacent to an activating group) is 1. The number of nitrogens with zero attached hydrogens (tertiary/aromatic N) is 2. The van der Waals surface area contributed by atoms with E-state index in [0.29, 0.717) is 16.8 Å². The summed E-state index contributed by atoms with van der Waals surface area (Å²) in [5, 5.41) is 0. The molecule has 0 aliphatic carbocycles. The molecule has 1 saturated heterocycles. The second-order valence-corrected chi connectivity index (χ2v) is 6.11. The van der Waals surface area contributed by atoms with Gasteiger partial charge in [-0.1, -0.05) is 36.4 Å². The van der Waals surface area contributed by atoms with Crippen molar-refractivity contribution in [2.45, 2.75) is 12.5 Å². The van der Waals surface area contributed by atoms with E-state index in [9.17, 15) is 9.18 Å². The Kier molecular flexibility index (Phi) is 4.81. The van der Waals surface area contributed by atoms with Gasteiger partial charge in [0, 0.05) is 31.3 Å². The third-order valence-corrected chi connectivity index (χ3v) is 4.32. The maximum atomic E-state index is 14.2. The van der Waals surface area contributed by atoms with Crippen molar-refractivity contribution in [3.8, 4) is 11.1 Å². The molecule has 1 heterocycles. The lowest BCUT2D eigenvalue weighted by molar-refractivity contribution is 0.110. The number of benzene rings is 2. The number of rotatable bonds is 3. The summed E-state index contributed by atoms with van der Waals surface area (Å²) in [6.45, 7) is 1.67. The van der Waals surface area contributed by atoms with Gasteiger partial charge in [-0.3, -0.25) is 4.90 Å². The molecule has 0 radical (unpaired) electrons. The minimum absolute atomic E-state index is 0.0921. The molecule has 2 aromatic rings. The van der Waals surface area contributed by atoms with Gasteiger partial charge in [0.2, 0.25) is 0 Å². The van der Waals surface area contributed by atoms with E-state index < -0.39 is 6.09 Å². The normalized spacial score (nSPS) is 17.7. The van der Waals surface area contributed by atoms with Crippen molar-refractivity contribution in [2.24, 2.45) is 0 Å². The number of carbonyl (C=O) groups excluding carboxylic acids is 1. The smallest absolute Gasteiger partial charge is 0.414 e. The number of carbonyl (C=O) groups is 1. The summed E-state index contributed by atoms with van der Waals surface area (Å²) >= 11 is 0. The zero-order valence-electron chi connectivity index (χ0n) is 13.9. The van der Waals surface area contributed by atoms with Crippen LogP contribution >= 0.6 is 0 Å². The van der Waals surface area contributed by atoms with Gasteiger partial charge in [-0.25, -0.2) is 9.18 Å². The third kappa shape index (κ3) is 3.41. The van der Waals surface area contributed by atoms with Gasteiger partial charge in [-0.05, 0) is 25.6 Å². The van der Waals surface area contributed by atoms with E-state index in [0.717, 1.165) is 19.5 Å². The van der Waals surface area contributed by atoms with Gasteiger partial charge >= 0.3 is 6.09 Å². The first-order valence-electron chi connectivity index (χ1n) is 8.03. The molecule has 1 aliphatic heterocycles. The first-order chi connectivity index (χ1) is 11.6. The number of hydrogen-bond donors (Lipinski definition) is 0. The van der Waals surface area contributed by atoms with Crippen molar-refractivity contribution in [3.63, 3.8) is 0 Å². The zero-order valence-corrected chi connectivity index (χ0v) is 13.9. The number of halogens is 1. The van der Waals surface area contributed by atoms with E-state index >= 15 is 0 Å². The number of para-hydroxylation sites is 1. The molecular weight excluding hydrogens is 307 g/mol. The van der Waals surface area contributed by atoms with Gasteiger partial charge in [-0.2, -0.15) is 0 Å². The molecule has 0 aromatic heterocycles. The van der Waals surface area contributed by atoms with E-state index in [4.69, 9.17) is 4.74 Å². The number of ether oxygens (including phenoxy) is 1. The van der Waals surface area contributed by atoms with Gasteiger partial charge in [0.05, 0.1) is 5.69 Å². The molecule has 0 bridgehead atoms. The summed E-state index contributed by atoms with van der Waals surface area (Å²) in [7, 11) is 3.66. The van der Waals surface area contributed by atoms with E-state index in [1.54, 1.807) is 37.4 Å². The van der Waals surface area contributed by atoms with E-state index in [2.05, 4.69) is 4.90 Å². The van der Waals surface area contributed by atoms with Crippen LogP contribution in [0.25, 0.3) is 11.1 Å². The standard InChI is InChI=1S/C19H21FN2O2/c1-21-12-11-14(13-21)24-19(23)22(2)18-10-6-4-8-16(18)15-7-3-5-9-17(15)20/h3-10,14H,11-13H2,1-2H3/t14-/m1/s1. The highest BCUT2D eigenvalue weighted by molar-refractivity contribution is 5.93.